The maximum atomic E-state index is 12.2. The fourth-order valence-corrected chi connectivity index (χ4v) is 3.19. The second-order valence-corrected chi connectivity index (χ2v) is 6.40. The summed E-state index contributed by atoms with van der Waals surface area (Å²) in [6.45, 7) is 0. The second kappa shape index (κ2) is 7.86. The van der Waals surface area contributed by atoms with Crippen LogP contribution in [-0.4, -0.2) is 42.9 Å². The molecule has 2 atom stereocenters. The van der Waals surface area contributed by atoms with Crippen molar-refractivity contribution in [3.05, 3.63) is 60.9 Å². The SMILES string of the molecule is O=C(N[C@H]1CC[C@H](Nc2nccc(-c3ccccn3)n2)C1)c1cnccn1. The van der Waals surface area contributed by atoms with Gasteiger partial charge in [0.15, 0.2) is 0 Å². The molecule has 3 aromatic rings. The van der Waals surface area contributed by atoms with Gasteiger partial charge in [-0.15, -0.1) is 0 Å². The average Bonchev–Trinajstić information content (AvgIpc) is 3.16. The van der Waals surface area contributed by atoms with Crippen LogP contribution < -0.4 is 10.6 Å². The van der Waals surface area contributed by atoms with E-state index in [1.807, 2.05) is 24.3 Å². The fraction of sp³-hybridized carbons (Fsp3) is 0.263. The number of nitrogens with zero attached hydrogens (tertiary/aromatic N) is 5. The minimum absolute atomic E-state index is 0.0935. The molecule has 1 aliphatic rings. The molecule has 8 nitrogen and oxygen atoms in total. The van der Waals surface area contributed by atoms with Crippen molar-refractivity contribution in [3.63, 3.8) is 0 Å². The van der Waals surface area contributed by atoms with Crippen molar-refractivity contribution in [2.45, 2.75) is 31.3 Å². The van der Waals surface area contributed by atoms with Crippen LogP contribution in [0.1, 0.15) is 29.8 Å². The van der Waals surface area contributed by atoms with Gasteiger partial charge >= 0.3 is 0 Å². The van der Waals surface area contributed by atoms with E-state index in [1.165, 1.54) is 12.4 Å². The molecule has 0 radical (unpaired) electrons. The summed E-state index contributed by atoms with van der Waals surface area (Å²) in [5.41, 5.74) is 1.92. The molecule has 0 bridgehead atoms. The molecule has 1 saturated carbocycles. The summed E-state index contributed by atoms with van der Waals surface area (Å²) < 4.78 is 0. The monoisotopic (exact) mass is 361 g/mol. The minimum atomic E-state index is -0.192. The Morgan fingerprint density at radius 2 is 1.85 bits per heavy atom. The number of carbonyl (C=O) groups excluding carboxylic acids is 1. The van der Waals surface area contributed by atoms with Gasteiger partial charge in [0, 0.05) is 36.9 Å². The summed E-state index contributed by atoms with van der Waals surface area (Å²) in [4.78, 5) is 33.3. The summed E-state index contributed by atoms with van der Waals surface area (Å²) in [6.07, 6.45) is 10.6. The molecule has 4 rings (SSSR count). The fourth-order valence-electron chi connectivity index (χ4n) is 3.19. The zero-order chi connectivity index (χ0) is 18.5. The molecule has 136 valence electrons. The number of rotatable bonds is 5. The third-order valence-electron chi connectivity index (χ3n) is 4.48. The molecule has 0 saturated heterocycles. The largest absolute Gasteiger partial charge is 0.351 e. The number of anilines is 1. The molecule has 1 fully saturated rings. The van der Waals surface area contributed by atoms with Gasteiger partial charge in [0.1, 0.15) is 5.69 Å². The van der Waals surface area contributed by atoms with Crippen LogP contribution >= 0.6 is 0 Å². The predicted octanol–water partition coefficient (Wildman–Crippen LogP) is 2.09. The molecule has 3 heterocycles. The van der Waals surface area contributed by atoms with Gasteiger partial charge in [-0.05, 0) is 37.5 Å². The van der Waals surface area contributed by atoms with Crippen LogP contribution in [0.3, 0.4) is 0 Å². The van der Waals surface area contributed by atoms with Crippen molar-refractivity contribution >= 4 is 11.9 Å². The number of carbonyl (C=O) groups is 1. The molecule has 3 aromatic heterocycles. The van der Waals surface area contributed by atoms with E-state index in [0.29, 0.717) is 11.6 Å². The van der Waals surface area contributed by atoms with Crippen molar-refractivity contribution < 1.29 is 4.79 Å². The maximum absolute atomic E-state index is 12.2. The Bertz CT molecular complexity index is 904. The van der Waals surface area contributed by atoms with Crippen LogP contribution in [-0.2, 0) is 0 Å². The Balaban J connectivity index is 1.36. The van der Waals surface area contributed by atoms with E-state index in [1.54, 1.807) is 18.6 Å². The van der Waals surface area contributed by atoms with E-state index >= 15 is 0 Å². The average molecular weight is 361 g/mol. The van der Waals surface area contributed by atoms with Crippen LogP contribution in [0.2, 0.25) is 0 Å². The topological polar surface area (TPSA) is 106 Å². The molecule has 1 aliphatic carbocycles. The van der Waals surface area contributed by atoms with Gasteiger partial charge in [-0.25, -0.2) is 15.0 Å². The summed E-state index contributed by atoms with van der Waals surface area (Å²) >= 11 is 0. The quantitative estimate of drug-likeness (QED) is 0.717. The van der Waals surface area contributed by atoms with E-state index < -0.39 is 0 Å². The smallest absolute Gasteiger partial charge is 0.271 e. The summed E-state index contributed by atoms with van der Waals surface area (Å²) in [5, 5.41) is 6.38. The highest BCUT2D eigenvalue weighted by molar-refractivity contribution is 5.92. The molecular weight excluding hydrogens is 342 g/mol. The zero-order valence-corrected chi connectivity index (χ0v) is 14.6. The number of amides is 1. The Morgan fingerprint density at radius 3 is 2.67 bits per heavy atom. The standard InChI is InChI=1S/C19H19N7O/c27-18(17-12-20-9-10-22-17)24-13-4-5-14(11-13)25-19-23-8-6-16(26-19)15-3-1-2-7-21-15/h1-3,6-10,12-14H,4-5,11H2,(H,24,27)(H,23,25,26)/t13-,14-/m0/s1. The highest BCUT2D eigenvalue weighted by Gasteiger charge is 2.27. The van der Waals surface area contributed by atoms with Gasteiger partial charge in [0.05, 0.1) is 17.6 Å². The first-order valence-corrected chi connectivity index (χ1v) is 8.86. The molecule has 1 amide bonds. The zero-order valence-electron chi connectivity index (χ0n) is 14.6. The highest BCUT2D eigenvalue weighted by atomic mass is 16.1. The summed E-state index contributed by atoms with van der Waals surface area (Å²) in [5.74, 6) is 0.381. The van der Waals surface area contributed by atoms with Crippen LogP contribution in [0.25, 0.3) is 11.4 Å². The maximum Gasteiger partial charge on any atom is 0.271 e. The molecule has 0 aliphatic heterocycles. The van der Waals surface area contributed by atoms with Crippen molar-refractivity contribution in [1.82, 2.24) is 30.2 Å². The van der Waals surface area contributed by atoms with Crippen molar-refractivity contribution in [1.29, 1.82) is 0 Å². The lowest BCUT2D eigenvalue weighted by Gasteiger charge is -2.14. The lowest BCUT2D eigenvalue weighted by atomic mass is 10.2. The van der Waals surface area contributed by atoms with Gasteiger partial charge in [0.2, 0.25) is 5.95 Å². The van der Waals surface area contributed by atoms with E-state index in [9.17, 15) is 4.79 Å². The Morgan fingerprint density at radius 1 is 0.926 bits per heavy atom. The summed E-state index contributed by atoms with van der Waals surface area (Å²) in [6, 6.07) is 7.86. The van der Waals surface area contributed by atoms with Gasteiger partial charge < -0.3 is 10.6 Å². The van der Waals surface area contributed by atoms with Crippen LogP contribution in [0, 0.1) is 0 Å². The second-order valence-electron chi connectivity index (χ2n) is 6.40. The number of hydrogen-bond donors (Lipinski definition) is 2. The first kappa shape index (κ1) is 17.0. The first-order chi connectivity index (χ1) is 13.3. The Labute approximate surface area is 156 Å². The van der Waals surface area contributed by atoms with E-state index in [4.69, 9.17) is 0 Å². The van der Waals surface area contributed by atoms with Crippen LogP contribution in [0.5, 0.6) is 0 Å². The normalized spacial score (nSPS) is 18.8. The Hall–Kier alpha value is -3.42. The molecule has 27 heavy (non-hydrogen) atoms. The van der Waals surface area contributed by atoms with Crippen molar-refractivity contribution in [2.24, 2.45) is 0 Å². The lowest BCUT2D eigenvalue weighted by molar-refractivity contribution is 0.0932. The summed E-state index contributed by atoms with van der Waals surface area (Å²) in [7, 11) is 0. The van der Waals surface area contributed by atoms with Crippen molar-refractivity contribution in [2.75, 3.05) is 5.32 Å². The minimum Gasteiger partial charge on any atom is -0.351 e. The number of pyridine rings is 1. The molecule has 0 unspecified atom stereocenters. The van der Waals surface area contributed by atoms with Gasteiger partial charge in [-0.2, -0.15) is 0 Å². The number of aromatic nitrogens is 5. The van der Waals surface area contributed by atoms with Gasteiger partial charge in [-0.1, -0.05) is 6.07 Å². The third-order valence-corrected chi connectivity index (χ3v) is 4.48. The first-order valence-electron chi connectivity index (χ1n) is 8.86. The van der Waals surface area contributed by atoms with Crippen LogP contribution in [0.15, 0.2) is 55.2 Å². The predicted molar refractivity (Wildman–Crippen MR) is 99.8 cm³/mol. The van der Waals surface area contributed by atoms with E-state index in [2.05, 4.69) is 35.6 Å². The lowest BCUT2D eigenvalue weighted by Crippen LogP contribution is -2.34. The molecular formula is C19H19N7O. The molecule has 2 N–H and O–H groups in total. The number of hydrogen-bond acceptors (Lipinski definition) is 7. The van der Waals surface area contributed by atoms with Gasteiger partial charge in [0.25, 0.3) is 5.91 Å². The highest BCUT2D eigenvalue weighted by Crippen LogP contribution is 2.23. The Kier molecular flexibility index (Phi) is 4.95. The van der Waals surface area contributed by atoms with E-state index in [-0.39, 0.29) is 18.0 Å². The van der Waals surface area contributed by atoms with Gasteiger partial charge in [-0.3, -0.25) is 14.8 Å². The molecule has 8 heteroatoms. The van der Waals surface area contributed by atoms with E-state index in [0.717, 1.165) is 30.7 Å². The molecule has 0 spiro atoms. The third kappa shape index (κ3) is 4.22. The van der Waals surface area contributed by atoms with Crippen LogP contribution in [0.4, 0.5) is 5.95 Å². The molecule has 0 aromatic carbocycles. The van der Waals surface area contributed by atoms with Crippen molar-refractivity contribution in [3.8, 4) is 11.4 Å². The number of nitrogens with one attached hydrogen (secondary N) is 2.